The molecule has 2 atom stereocenters. The Bertz CT molecular complexity index is 323. The van der Waals surface area contributed by atoms with Gasteiger partial charge in [-0.1, -0.05) is 18.5 Å². The average molecular weight is 249 g/mol. The monoisotopic (exact) mass is 248 g/mol. The van der Waals surface area contributed by atoms with Crippen LogP contribution < -0.4 is 0 Å². The zero-order valence-electron chi connectivity index (χ0n) is 8.93. The van der Waals surface area contributed by atoms with Crippen LogP contribution >= 0.6 is 23.2 Å². The van der Waals surface area contributed by atoms with E-state index in [-0.39, 0.29) is 11.2 Å². The normalized spacial score (nSPS) is 15.0. The molecule has 1 aromatic rings. The Labute approximate surface area is 100 Å². The largest absolute Gasteiger partial charge is 0.207 e. The molecule has 1 aromatic carbocycles. The summed E-state index contributed by atoms with van der Waals surface area (Å²) >= 11 is 11.9. The zero-order valence-corrected chi connectivity index (χ0v) is 10.4. The van der Waals surface area contributed by atoms with E-state index in [2.05, 4.69) is 6.92 Å². The molecule has 0 fully saturated rings. The summed E-state index contributed by atoms with van der Waals surface area (Å²) in [5.41, 5.74) is 0.862. The van der Waals surface area contributed by atoms with Gasteiger partial charge in [-0.25, -0.2) is 4.39 Å². The van der Waals surface area contributed by atoms with E-state index in [1.54, 1.807) is 6.07 Å². The number of hydrogen-bond donors (Lipinski definition) is 0. The predicted molar refractivity (Wildman–Crippen MR) is 64.2 cm³/mol. The Morgan fingerprint density at radius 1 is 1.33 bits per heavy atom. The summed E-state index contributed by atoms with van der Waals surface area (Å²) in [6.07, 6.45) is 1.68. The van der Waals surface area contributed by atoms with E-state index < -0.39 is 0 Å². The Morgan fingerprint density at radius 3 is 2.60 bits per heavy atom. The van der Waals surface area contributed by atoms with Gasteiger partial charge in [0, 0.05) is 10.4 Å². The third kappa shape index (κ3) is 4.40. The highest BCUT2D eigenvalue weighted by Gasteiger charge is 2.10. The SMILES string of the molecule is CC(Cl)CC(C)Cc1cc(F)ccc1Cl. The maximum atomic E-state index is 13.0. The molecule has 0 N–H and O–H groups in total. The molecule has 0 amide bonds. The van der Waals surface area contributed by atoms with Gasteiger partial charge in [-0.05, 0) is 49.4 Å². The van der Waals surface area contributed by atoms with E-state index in [9.17, 15) is 4.39 Å². The van der Waals surface area contributed by atoms with E-state index in [0.29, 0.717) is 10.9 Å². The van der Waals surface area contributed by atoms with Crippen molar-refractivity contribution in [1.82, 2.24) is 0 Å². The van der Waals surface area contributed by atoms with Gasteiger partial charge in [-0.15, -0.1) is 11.6 Å². The number of hydrogen-bond acceptors (Lipinski definition) is 0. The summed E-state index contributed by atoms with van der Waals surface area (Å²) in [6, 6.07) is 4.47. The van der Waals surface area contributed by atoms with Crippen LogP contribution in [0.5, 0.6) is 0 Å². The summed E-state index contributed by atoms with van der Waals surface area (Å²) in [5, 5.41) is 0.776. The molecule has 0 saturated heterocycles. The van der Waals surface area contributed by atoms with Crippen molar-refractivity contribution in [2.45, 2.75) is 32.1 Å². The van der Waals surface area contributed by atoms with Crippen LogP contribution in [0.15, 0.2) is 18.2 Å². The molecule has 2 unspecified atom stereocenters. The van der Waals surface area contributed by atoms with Crippen LogP contribution in [-0.2, 0) is 6.42 Å². The first-order valence-electron chi connectivity index (χ1n) is 5.07. The fourth-order valence-corrected chi connectivity index (χ4v) is 2.21. The molecule has 0 aliphatic rings. The first kappa shape index (κ1) is 12.8. The lowest BCUT2D eigenvalue weighted by molar-refractivity contribution is 0.524. The summed E-state index contributed by atoms with van der Waals surface area (Å²) in [5.74, 6) is 0.178. The van der Waals surface area contributed by atoms with E-state index in [1.807, 2.05) is 6.92 Å². The van der Waals surface area contributed by atoms with Gasteiger partial charge in [0.2, 0.25) is 0 Å². The second-order valence-corrected chi connectivity index (χ2v) is 5.21. The highest BCUT2D eigenvalue weighted by atomic mass is 35.5. The van der Waals surface area contributed by atoms with Crippen molar-refractivity contribution in [2.75, 3.05) is 0 Å². The fraction of sp³-hybridized carbons (Fsp3) is 0.500. The standard InChI is InChI=1S/C12H15Cl2F/c1-8(5-9(2)13)6-10-7-11(15)3-4-12(10)14/h3-4,7-9H,5-6H2,1-2H3. The first-order valence-corrected chi connectivity index (χ1v) is 5.88. The van der Waals surface area contributed by atoms with Gasteiger partial charge >= 0.3 is 0 Å². The smallest absolute Gasteiger partial charge is 0.123 e. The molecule has 0 bridgehead atoms. The molecule has 84 valence electrons. The lowest BCUT2D eigenvalue weighted by Gasteiger charge is -2.13. The Balaban J connectivity index is 2.67. The van der Waals surface area contributed by atoms with Crippen LogP contribution in [0.3, 0.4) is 0 Å². The molecule has 15 heavy (non-hydrogen) atoms. The van der Waals surface area contributed by atoms with Crippen molar-refractivity contribution in [3.8, 4) is 0 Å². The number of halogens is 3. The molecular weight excluding hydrogens is 234 g/mol. The minimum absolute atomic E-state index is 0.146. The van der Waals surface area contributed by atoms with Crippen LogP contribution in [0.25, 0.3) is 0 Å². The van der Waals surface area contributed by atoms with Crippen LogP contribution in [0.2, 0.25) is 5.02 Å². The highest BCUT2D eigenvalue weighted by Crippen LogP contribution is 2.23. The number of alkyl halides is 1. The fourth-order valence-electron chi connectivity index (χ4n) is 1.71. The summed E-state index contributed by atoms with van der Waals surface area (Å²) in [4.78, 5) is 0. The Kier molecular flexibility index (Phi) is 4.88. The van der Waals surface area contributed by atoms with Gasteiger partial charge in [0.15, 0.2) is 0 Å². The first-order chi connectivity index (χ1) is 6.99. The van der Waals surface area contributed by atoms with E-state index in [0.717, 1.165) is 18.4 Å². The third-order valence-electron chi connectivity index (χ3n) is 2.30. The molecule has 3 heteroatoms. The van der Waals surface area contributed by atoms with Crippen LogP contribution in [-0.4, -0.2) is 5.38 Å². The molecule has 0 aliphatic heterocycles. The van der Waals surface area contributed by atoms with E-state index >= 15 is 0 Å². The molecule has 0 nitrogen and oxygen atoms in total. The molecule has 0 heterocycles. The van der Waals surface area contributed by atoms with Gasteiger partial charge in [0.25, 0.3) is 0 Å². The van der Waals surface area contributed by atoms with Gasteiger partial charge in [-0.2, -0.15) is 0 Å². The molecule has 0 aromatic heterocycles. The van der Waals surface area contributed by atoms with Crippen LogP contribution in [0.4, 0.5) is 4.39 Å². The quantitative estimate of drug-likeness (QED) is 0.680. The van der Waals surface area contributed by atoms with E-state index in [1.165, 1.54) is 12.1 Å². The van der Waals surface area contributed by atoms with Gasteiger partial charge in [0.05, 0.1) is 0 Å². The molecular formula is C12H15Cl2F. The topological polar surface area (TPSA) is 0 Å². The van der Waals surface area contributed by atoms with Gasteiger partial charge in [0.1, 0.15) is 5.82 Å². The van der Waals surface area contributed by atoms with Crippen molar-refractivity contribution in [3.05, 3.63) is 34.6 Å². The number of benzene rings is 1. The molecule has 0 aliphatic carbocycles. The van der Waals surface area contributed by atoms with Crippen LogP contribution in [0.1, 0.15) is 25.8 Å². The summed E-state index contributed by atoms with van der Waals surface area (Å²) in [7, 11) is 0. The van der Waals surface area contributed by atoms with Crippen molar-refractivity contribution < 1.29 is 4.39 Å². The molecule has 0 spiro atoms. The lowest BCUT2D eigenvalue weighted by Crippen LogP contribution is -2.06. The second-order valence-electron chi connectivity index (χ2n) is 4.06. The summed E-state index contributed by atoms with van der Waals surface area (Å²) < 4.78 is 13.0. The van der Waals surface area contributed by atoms with E-state index in [4.69, 9.17) is 23.2 Å². The van der Waals surface area contributed by atoms with Crippen molar-refractivity contribution in [1.29, 1.82) is 0 Å². The molecule has 1 rings (SSSR count). The van der Waals surface area contributed by atoms with Crippen molar-refractivity contribution >= 4 is 23.2 Å². The van der Waals surface area contributed by atoms with Gasteiger partial charge < -0.3 is 0 Å². The second kappa shape index (κ2) is 5.72. The Hall–Kier alpha value is -0.270. The minimum atomic E-state index is -0.236. The maximum Gasteiger partial charge on any atom is 0.123 e. The zero-order chi connectivity index (χ0) is 11.4. The van der Waals surface area contributed by atoms with Crippen LogP contribution in [0, 0.1) is 11.7 Å². The number of rotatable bonds is 4. The Morgan fingerprint density at radius 2 is 2.00 bits per heavy atom. The minimum Gasteiger partial charge on any atom is -0.207 e. The van der Waals surface area contributed by atoms with Crippen molar-refractivity contribution in [3.63, 3.8) is 0 Å². The van der Waals surface area contributed by atoms with Gasteiger partial charge in [-0.3, -0.25) is 0 Å². The third-order valence-corrected chi connectivity index (χ3v) is 2.85. The predicted octanol–water partition coefficient (Wildman–Crippen LogP) is 4.68. The highest BCUT2D eigenvalue weighted by molar-refractivity contribution is 6.31. The lowest BCUT2D eigenvalue weighted by atomic mass is 9.97. The van der Waals surface area contributed by atoms with Crippen molar-refractivity contribution in [2.24, 2.45) is 5.92 Å². The average Bonchev–Trinajstić information content (AvgIpc) is 2.10. The molecule has 0 saturated carbocycles. The summed E-state index contributed by atoms with van der Waals surface area (Å²) in [6.45, 7) is 4.06. The maximum absolute atomic E-state index is 13.0. The molecule has 0 radical (unpaired) electrons.